The van der Waals surface area contributed by atoms with Crippen LogP contribution in [-0.4, -0.2) is 37.4 Å². The molecule has 2 rings (SSSR count). The number of benzene rings is 2. The Kier molecular flexibility index (Phi) is 6.98. The molecule has 6 heteroatoms. The van der Waals surface area contributed by atoms with Gasteiger partial charge < -0.3 is 15.5 Å². The van der Waals surface area contributed by atoms with Crippen LogP contribution in [0.5, 0.6) is 0 Å². The van der Waals surface area contributed by atoms with Gasteiger partial charge in [0.2, 0.25) is 5.91 Å². The Labute approximate surface area is 153 Å². The van der Waals surface area contributed by atoms with E-state index in [0.717, 1.165) is 17.7 Å². The monoisotopic (exact) mass is 359 g/mol. The minimum atomic E-state index is -0.306. The molecule has 0 unspecified atom stereocenters. The lowest BCUT2D eigenvalue weighted by atomic mass is 10.1. The standard InChI is InChI=1S/C19H22ClN3O2/c1-23(2)13-16-6-4-3-5-15(16)11-21-18(24)12-22-19(25)14-7-9-17(20)10-8-14/h3-10H,11-13H2,1-2H3,(H,21,24)(H,22,25). The SMILES string of the molecule is CN(C)Cc1ccccc1CNC(=O)CNC(=O)c1ccc(Cl)cc1. The molecule has 2 aromatic carbocycles. The molecule has 0 bridgehead atoms. The van der Waals surface area contributed by atoms with Crippen LogP contribution in [0.3, 0.4) is 0 Å². The maximum Gasteiger partial charge on any atom is 0.251 e. The molecular weight excluding hydrogens is 338 g/mol. The van der Waals surface area contributed by atoms with Crippen molar-refractivity contribution in [1.29, 1.82) is 0 Å². The van der Waals surface area contributed by atoms with Gasteiger partial charge in [0, 0.05) is 23.7 Å². The smallest absolute Gasteiger partial charge is 0.251 e. The summed E-state index contributed by atoms with van der Waals surface area (Å²) in [6.07, 6.45) is 0. The summed E-state index contributed by atoms with van der Waals surface area (Å²) in [4.78, 5) is 26.0. The Hall–Kier alpha value is -2.37. The van der Waals surface area contributed by atoms with E-state index in [1.54, 1.807) is 24.3 Å². The fourth-order valence-electron chi connectivity index (χ4n) is 2.35. The molecule has 0 aliphatic heterocycles. The highest BCUT2D eigenvalue weighted by Gasteiger charge is 2.09. The molecule has 0 aliphatic rings. The quantitative estimate of drug-likeness (QED) is 0.798. The normalized spacial score (nSPS) is 10.6. The zero-order chi connectivity index (χ0) is 18.2. The van der Waals surface area contributed by atoms with E-state index in [1.807, 2.05) is 38.4 Å². The number of nitrogens with one attached hydrogen (secondary N) is 2. The molecule has 0 fully saturated rings. The fourth-order valence-corrected chi connectivity index (χ4v) is 2.47. The summed E-state index contributed by atoms with van der Waals surface area (Å²) in [6.45, 7) is 1.16. The van der Waals surface area contributed by atoms with Gasteiger partial charge in [-0.2, -0.15) is 0 Å². The highest BCUT2D eigenvalue weighted by Crippen LogP contribution is 2.10. The van der Waals surface area contributed by atoms with Crippen LogP contribution in [0, 0.1) is 0 Å². The second-order valence-corrected chi connectivity index (χ2v) is 6.41. The van der Waals surface area contributed by atoms with Crippen molar-refractivity contribution >= 4 is 23.4 Å². The topological polar surface area (TPSA) is 61.4 Å². The molecule has 2 amide bonds. The third-order valence-corrected chi connectivity index (χ3v) is 3.85. The van der Waals surface area contributed by atoms with Gasteiger partial charge in [-0.3, -0.25) is 9.59 Å². The first kappa shape index (κ1) is 19.0. The maximum absolute atomic E-state index is 12.0. The third-order valence-electron chi connectivity index (χ3n) is 3.60. The molecule has 2 N–H and O–H groups in total. The van der Waals surface area contributed by atoms with Crippen molar-refractivity contribution in [2.45, 2.75) is 13.1 Å². The Balaban J connectivity index is 1.83. The highest BCUT2D eigenvalue weighted by molar-refractivity contribution is 6.30. The van der Waals surface area contributed by atoms with Crippen LogP contribution in [0.4, 0.5) is 0 Å². The van der Waals surface area contributed by atoms with E-state index in [2.05, 4.69) is 15.5 Å². The van der Waals surface area contributed by atoms with Crippen molar-refractivity contribution in [3.8, 4) is 0 Å². The second kappa shape index (κ2) is 9.20. The number of hydrogen-bond acceptors (Lipinski definition) is 3. The average molecular weight is 360 g/mol. The summed E-state index contributed by atoms with van der Waals surface area (Å²) in [5.41, 5.74) is 2.69. The molecule has 0 aliphatic carbocycles. The first-order valence-corrected chi connectivity index (χ1v) is 8.35. The van der Waals surface area contributed by atoms with Crippen LogP contribution < -0.4 is 10.6 Å². The van der Waals surface area contributed by atoms with Crippen molar-refractivity contribution in [2.24, 2.45) is 0 Å². The number of halogens is 1. The number of carbonyl (C=O) groups excluding carboxylic acids is 2. The van der Waals surface area contributed by atoms with Gasteiger partial charge in [-0.1, -0.05) is 35.9 Å². The molecule has 0 aromatic heterocycles. The van der Waals surface area contributed by atoms with Gasteiger partial charge in [0.05, 0.1) is 6.54 Å². The summed E-state index contributed by atoms with van der Waals surface area (Å²) in [5.74, 6) is -0.540. The summed E-state index contributed by atoms with van der Waals surface area (Å²) >= 11 is 5.79. The summed E-state index contributed by atoms with van der Waals surface area (Å²) in [7, 11) is 4.00. The Morgan fingerprint density at radius 3 is 2.24 bits per heavy atom. The van der Waals surface area contributed by atoms with Gasteiger partial charge in [-0.15, -0.1) is 0 Å². The van der Waals surface area contributed by atoms with Gasteiger partial charge in [0.15, 0.2) is 0 Å². The molecule has 0 saturated carbocycles. The first-order chi connectivity index (χ1) is 12.0. The third kappa shape index (κ3) is 6.21. The Bertz CT molecular complexity index is 730. The van der Waals surface area contributed by atoms with Crippen LogP contribution in [0.1, 0.15) is 21.5 Å². The van der Waals surface area contributed by atoms with Crippen molar-refractivity contribution in [1.82, 2.24) is 15.5 Å². The van der Waals surface area contributed by atoms with Gasteiger partial charge in [0.25, 0.3) is 5.91 Å². The zero-order valence-corrected chi connectivity index (χ0v) is 15.1. The summed E-state index contributed by atoms with van der Waals surface area (Å²) in [5, 5.41) is 6.00. The molecule has 0 atom stereocenters. The van der Waals surface area contributed by atoms with E-state index < -0.39 is 0 Å². The van der Waals surface area contributed by atoms with Crippen molar-refractivity contribution < 1.29 is 9.59 Å². The molecular formula is C19H22ClN3O2. The molecule has 0 saturated heterocycles. The van der Waals surface area contributed by atoms with Crippen LogP contribution >= 0.6 is 11.6 Å². The molecule has 0 heterocycles. The predicted octanol–water partition coefficient (Wildman–Crippen LogP) is 2.45. The van der Waals surface area contributed by atoms with E-state index in [1.165, 1.54) is 0 Å². The summed E-state index contributed by atoms with van der Waals surface area (Å²) < 4.78 is 0. The molecule has 5 nitrogen and oxygen atoms in total. The van der Waals surface area contributed by atoms with Crippen LogP contribution in [-0.2, 0) is 17.9 Å². The van der Waals surface area contributed by atoms with Crippen molar-refractivity contribution in [3.63, 3.8) is 0 Å². The van der Waals surface area contributed by atoms with Gasteiger partial charge in [-0.25, -0.2) is 0 Å². The van der Waals surface area contributed by atoms with Gasteiger partial charge in [0.1, 0.15) is 0 Å². The van der Waals surface area contributed by atoms with Crippen molar-refractivity contribution in [2.75, 3.05) is 20.6 Å². The lowest BCUT2D eigenvalue weighted by molar-refractivity contribution is -0.120. The average Bonchev–Trinajstić information content (AvgIpc) is 2.59. The van der Waals surface area contributed by atoms with Crippen LogP contribution in [0.25, 0.3) is 0 Å². The maximum atomic E-state index is 12.0. The number of hydrogen-bond donors (Lipinski definition) is 2. The minimum Gasteiger partial charge on any atom is -0.350 e. The van der Waals surface area contributed by atoms with Gasteiger partial charge in [-0.05, 0) is 49.5 Å². The lowest BCUT2D eigenvalue weighted by Crippen LogP contribution is -2.36. The Morgan fingerprint density at radius 2 is 1.60 bits per heavy atom. The van der Waals surface area contributed by atoms with Crippen molar-refractivity contribution in [3.05, 3.63) is 70.2 Å². The van der Waals surface area contributed by atoms with Crippen LogP contribution in [0.15, 0.2) is 48.5 Å². The summed E-state index contributed by atoms with van der Waals surface area (Å²) in [6, 6.07) is 14.5. The van der Waals surface area contributed by atoms with E-state index in [0.29, 0.717) is 17.1 Å². The van der Waals surface area contributed by atoms with E-state index in [-0.39, 0.29) is 18.4 Å². The first-order valence-electron chi connectivity index (χ1n) is 7.97. The number of amides is 2. The molecule has 0 radical (unpaired) electrons. The minimum absolute atomic E-state index is 0.0721. The molecule has 0 spiro atoms. The number of nitrogens with zero attached hydrogens (tertiary/aromatic N) is 1. The molecule has 25 heavy (non-hydrogen) atoms. The number of carbonyl (C=O) groups is 2. The van der Waals surface area contributed by atoms with E-state index >= 15 is 0 Å². The lowest BCUT2D eigenvalue weighted by Gasteiger charge is -2.14. The number of rotatable bonds is 7. The largest absolute Gasteiger partial charge is 0.350 e. The van der Waals surface area contributed by atoms with E-state index in [4.69, 9.17) is 11.6 Å². The molecule has 2 aromatic rings. The van der Waals surface area contributed by atoms with E-state index in [9.17, 15) is 9.59 Å². The predicted molar refractivity (Wildman–Crippen MR) is 99.5 cm³/mol. The van der Waals surface area contributed by atoms with Crippen LogP contribution in [0.2, 0.25) is 5.02 Å². The van der Waals surface area contributed by atoms with Gasteiger partial charge >= 0.3 is 0 Å². The second-order valence-electron chi connectivity index (χ2n) is 5.97. The zero-order valence-electron chi connectivity index (χ0n) is 14.4. The highest BCUT2D eigenvalue weighted by atomic mass is 35.5. The fraction of sp³-hybridized carbons (Fsp3) is 0.263. The molecule has 132 valence electrons. The Morgan fingerprint density at radius 1 is 0.960 bits per heavy atom.